The second-order valence-corrected chi connectivity index (χ2v) is 6.09. The smallest absolute Gasteiger partial charge is 0.119 e. The van der Waals surface area contributed by atoms with Gasteiger partial charge in [0.1, 0.15) is 5.75 Å². The summed E-state index contributed by atoms with van der Waals surface area (Å²) in [5.74, 6) is 0.798. The molecule has 1 aromatic rings. The van der Waals surface area contributed by atoms with Crippen molar-refractivity contribution in [1.29, 1.82) is 0 Å². The average Bonchev–Trinajstić information content (AvgIpc) is 2.37. The van der Waals surface area contributed by atoms with Crippen LogP contribution in [-0.2, 0) is 0 Å². The Hall–Kier alpha value is -1.10. The van der Waals surface area contributed by atoms with Crippen molar-refractivity contribution in [3.8, 4) is 5.75 Å². The molecule has 0 radical (unpaired) electrons. The van der Waals surface area contributed by atoms with Crippen molar-refractivity contribution in [3.63, 3.8) is 0 Å². The third-order valence-electron chi connectivity index (χ3n) is 3.59. The van der Waals surface area contributed by atoms with Crippen LogP contribution in [0.3, 0.4) is 0 Å². The molecule has 0 aromatic heterocycles. The van der Waals surface area contributed by atoms with Gasteiger partial charge in [-0.1, -0.05) is 0 Å². The molecule has 4 nitrogen and oxygen atoms in total. The number of methoxy groups -OCH3 is 1. The van der Waals surface area contributed by atoms with Gasteiger partial charge in [-0.25, -0.2) is 0 Å². The van der Waals surface area contributed by atoms with Gasteiger partial charge >= 0.3 is 0 Å². The lowest BCUT2D eigenvalue weighted by atomic mass is 9.92. The number of rotatable bonds is 6. The van der Waals surface area contributed by atoms with Gasteiger partial charge in [0.05, 0.1) is 19.8 Å². The van der Waals surface area contributed by atoms with E-state index in [1.54, 1.807) is 7.11 Å². The Labute approximate surface area is 121 Å². The molecular formula is C16H27NO3. The predicted molar refractivity (Wildman–Crippen MR) is 81.2 cm³/mol. The van der Waals surface area contributed by atoms with Crippen LogP contribution in [0.2, 0.25) is 0 Å². The first-order valence-corrected chi connectivity index (χ1v) is 6.93. The van der Waals surface area contributed by atoms with Crippen LogP contribution in [0.1, 0.15) is 43.6 Å². The van der Waals surface area contributed by atoms with Crippen molar-refractivity contribution >= 4 is 0 Å². The number of aliphatic hydroxyl groups excluding tert-OH is 2. The van der Waals surface area contributed by atoms with E-state index in [1.807, 2.05) is 46.8 Å². The highest BCUT2D eigenvalue weighted by atomic mass is 16.5. The van der Waals surface area contributed by atoms with Crippen LogP contribution >= 0.6 is 0 Å². The molecule has 0 saturated heterocycles. The number of nitrogens with one attached hydrogen (secondary N) is 1. The molecule has 2 unspecified atom stereocenters. The zero-order valence-electron chi connectivity index (χ0n) is 13.3. The molecule has 0 amide bonds. The quantitative estimate of drug-likeness (QED) is 0.747. The number of aryl methyl sites for hydroxylation is 2. The first-order chi connectivity index (χ1) is 9.21. The van der Waals surface area contributed by atoms with Crippen LogP contribution in [0.25, 0.3) is 0 Å². The Bertz CT molecular complexity index is 434. The normalized spacial score (nSPS) is 15.0. The molecule has 0 heterocycles. The van der Waals surface area contributed by atoms with Crippen molar-refractivity contribution in [2.75, 3.05) is 13.7 Å². The Morgan fingerprint density at radius 1 is 1.25 bits per heavy atom. The van der Waals surface area contributed by atoms with Gasteiger partial charge in [-0.3, -0.25) is 0 Å². The molecule has 1 rings (SSSR count). The van der Waals surface area contributed by atoms with Gasteiger partial charge in [-0.05, 0) is 63.4 Å². The molecule has 114 valence electrons. The van der Waals surface area contributed by atoms with Crippen LogP contribution < -0.4 is 10.1 Å². The highest BCUT2D eigenvalue weighted by Crippen LogP contribution is 2.29. The zero-order valence-corrected chi connectivity index (χ0v) is 13.3. The SMILES string of the molecule is COc1cc(C)c(C(O)C(C)NC(C)(C)CO)c(C)c1. The van der Waals surface area contributed by atoms with Crippen LogP contribution in [0.5, 0.6) is 5.75 Å². The van der Waals surface area contributed by atoms with E-state index in [1.165, 1.54) is 0 Å². The van der Waals surface area contributed by atoms with Crippen LogP contribution in [-0.4, -0.2) is 35.5 Å². The fourth-order valence-electron chi connectivity index (χ4n) is 2.51. The van der Waals surface area contributed by atoms with Crippen molar-refractivity contribution in [3.05, 3.63) is 28.8 Å². The summed E-state index contributed by atoms with van der Waals surface area (Å²) in [6.07, 6.45) is -0.633. The predicted octanol–water partition coefficient (Wildman–Crippen LogP) is 2.09. The van der Waals surface area contributed by atoms with E-state index in [2.05, 4.69) is 5.32 Å². The summed E-state index contributed by atoms with van der Waals surface area (Å²) in [6.45, 7) is 9.69. The van der Waals surface area contributed by atoms with Crippen LogP contribution in [0.15, 0.2) is 12.1 Å². The topological polar surface area (TPSA) is 61.7 Å². The monoisotopic (exact) mass is 281 g/mol. The fourth-order valence-corrected chi connectivity index (χ4v) is 2.51. The van der Waals surface area contributed by atoms with Crippen molar-refractivity contribution < 1.29 is 14.9 Å². The highest BCUT2D eigenvalue weighted by Gasteiger charge is 2.26. The molecule has 2 atom stereocenters. The van der Waals surface area contributed by atoms with Crippen molar-refractivity contribution in [2.45, 2.75) is 52.3 Å². The molecule has 0 aliphatic heterocycles. The maximum atomic E-state index is 10.6. The van der Waals surface area contributed by atoms with E-state index >= 15 is 0 Å². The highest BCUT2D eigenvalue weighted by molar-refractivity contribution is 5.42. The average molecular weight is 281 g/mol. The van der Waals surface area contributed by atoms with Crippen molar-refractivity contribution in [2.24, 2.45) is 0 Å². The van der Waals surface area contributed by atoms with Gasteiger partial charge in [0.2, 0.25) is 0 Å². The lowest BCUT2D eigenvalue weighted by Gasteiger charge is -2.32. The van der Waals surface area contributed by atoms with Gasteiger partial charge in [0.15, 0.2) is 0 Å². The molecule has 4 heteroatoms. The summed E-state index contributed by atoms with van der Waals surface area (Å²) in [5, 5.41) is 23.2. The summed E-state index contributed by atoms with van der Waals surface area (Å²) in [4.78, 5) is 0. The second kappa shape index (κ2) is 6.57. The number of hydrogen-bond acceptors (Lipinski definition) is 4. The minimum Gasteiger partial charge on any atom is -0.497 e. The van der Waals surface area contributed by atoms with E-state index in [4.69, 9.17) is 4.74 Å². The number of benzene rings is 1. The lowest BCUT2D eigenvalue weighted by Crippen LogP contribution is -2.49. The van der Waals surface area contributed by atoms with Gasteiger partial charge in [-0.2, -0.15) is 0 Å². The molecule has 0 fully saturated rings. The first kappa shape index (κ1) is 17.0. The summed E-state index contributed by atoms with van der Waals surface area (Å²) >= 11 is 0. The van der Waals surface area contributed by atoms with E-state index < -0.39 is 11.6 Å². The number of ether oxygens (including phenoxy) is 1. The maximum Gasteiger partial charge on any atom is 0.119 e. The van der Waals surface area contributed by atoms with E-state index in [0.29, 0.717) is 0 Å². The standard InChI is InChI=1S/C16H27NO3/c1-10-7-13(20-6)8-11(2)14(10)15(19)12(3)17-16(4,5)9-18/h7-8,12,15,17-19H,9H2,1-6H3. The van der Waals surface area contributed by atoms with Gasteiger partial charge in [0, 0.05) is 11.6 Å². The van der Waals surface area contributed by atoms with E-state index in [9.17, 15) is 10.2 Å². The molecule has 3 N–H and O–H groups in total. The fraction of sp³-hybridized carbons (Fsp3) is 0.625. The third kappa shape index (κ3) is 3.95. The minimum atomic E-state index is -0.633. The Balaban J connectivity index is 3.00. The van der Waals surface area contributed by atoms with Crippen LogP contribution in [0, 0.1) is 13.8 Å². The molecule has 0 spiro atoms. The number of aliphatic hydroxyl groups is 2. The van der Waals surface area contributed by atoms with Crippen molar-refractivity contribution in [1.82, 2.24) is 5.32 Å². The maximum absolute atomic E-state index is 10.6. The molecule has 0 aliphatic carbocycles. The molecule has 0 bridgehead atoms. The first-order valence-electron chi connectivity index (χ1n) is 6.93. The molecule has 0 saturated carbocycles. The van der Waals surface area contributed by atoms with Gasteiger partial charge in [0.25, 0.3) is 0 Å². The third-order valence-corrected chi connectivity index (χ3v) is 3.59. The molecule has 20 heavy (non-hydrogen) atoms. The molecule has 0 aliphatic rings. The summed E-state index contributed by atoms with van der Waals surface area (Å²) < 4.78 is 5.24. The van der Waals surface area contributed by atoms with Gasteiger partial charge in [-0.15, -0.1) is 0 Å². The summed E-state index contributed by atoms with van der Waals surface area (Å²) in [6, 6.07) is 3.69. The molecular weight excluding hydrogens is 254 g/mol. The largest absolute Gasteiger partial charge is 0.497 e. The molecule has 1 aromatic carbocycles. The summed E-state index contributed by atoms with van der Waals surface area (Å²) in [7, 11) is 1.64. The Kier molecular flexibility index (Phi) is 5.57. The van der Waals surface area contributed by atoms with Gasteiger partial charge < -0.3 is 20.3 Å². The minimum absolute atomic E-state index is 0.0185. The lowest BCUT2D eigenvalue weighted by molar-refractivity contribution is 0.0982. The number of hydrogen-bond donors (Lipinski definition) is 3. The Morgan fingerprint density at radius 2 is 1.75 bits per heavy atom. The second-order valence-electron chi connectivity index (χ2n) is 6.09. The van der Waals surface area contributed by atoms with E-state index in [-0.39, 0.29) is 12.6 Å². The Morgan fingerprint density at radius 3 is 2.15 bits per heavy atom. The summed E-state index contributed by atoms with van der Waals surface area (Å²) in [5.41, 5.74) is 2.50. The van der Waals surface area contributed by atoms with E-state index in [0.717, 1.165) is 22.4 Å². The zero-order chi connectivity index (χ0) is 15.5. The van der Waals surface area contributed by atoms with Crippen LogP contribution in [0.4, 0.5) is 0 Å².